The zero-order valence-corrected chi connectivity index (χ0v) is 20.6. The van der Waals surface area contributed by atoms with E-state index >= 15 is 0 Å². The predicted octanol–water partition coefficient (Wildman–Crippen LogP) is 4.97. The van der Waals surface area contributed by atoms with Crippen LogP contribution in [0.2, 0.25) is 0 Å². The van der Waals surface area contributed by atoms with E-state index in [9.17, 15) is 13.5 Å². The molecular weight excluding hydrogens is 428 g/mol. The number of aliphatic hydroxyl groups excluding tert-OH is 1. The highest BCUT2D eigenvalue weighted by atomic mass is 32.2. The lowest BCUT2D eigenvalue weighted by atomic mass is 9.88. The molecule has 2 fully saturated rings. The smallest absolute Gasteiger partial charge is 0.297 e. The molecule has 1 aliphatic carbocycles. The Labute approximate surface area is 193 Å². The van der Waals surface area contributed by atoms with Crippen molar-refractivity contribution < 1.29 is 27.2 Å². The topological polar surface area (TPSA) is 82.1 Å². The molecule has 1 aliphatic heterocycles. The SMILES string of the molecule is CCCCCCCC1(CC[C@@H]2[C@@H](C)[C@@H](O)C[C@H]2OS(=O)(=O)c2ccc(C)cc2)OCCO1. The lowest BCUT2D eigenvalue weighted by Crippen LogP contribution is -2.33. The Morgan fingerprint density at radius 1 is 1.06 bits per heavy atom. The van der Waals surface area contributed by atoms with Gasteiger partial charge in [-0.2, -0.15) is 8.42 Å². The highest BCUT2D eigenvalue weighted by molar-refractivity contribution is 7.86. The van der Waals surface area contributed by atoms with E-state index in [1.54, 1.807) is 24.3 Å². The molecule has 0 spiro atoms. The van der Waals surface area contributed by atoms with Crippen molar-refractivity contribution in [2.24, 2.45) is 11.8 Å². The Hall–Kier alpha value is -0.990. The highest BCUT2D eigenvalue weighted by Crippen LogP contribution is 2.42. The van der Waals surface area contributed by atoms with Gasteiger partial charge in [0.25, 0.3) is 10.1 Å². The first-order chi connectivity index (χ1) is 15.3. The summed E-state index contributed by atoms with van der Waals surface area (Å²) in [5.74, 6) is -0.703. The molecule has 1 heterocycles. The molecule has 1 saturated heterocycles. The molecule has 0 amide bonds. The minimum Gasteiger partial charge on any atom is -0.393 e. The van der Waals surface area contributed by atoms with Crippen molar-refractivity contribution in [1.29, 1.82) is 0 Å². The van der Waals surface area contributed by atoms with Crippen molar-refractivity contribution >= 4 is 10.1 Å². The predicted molar refractivity (Wildman–Crippen MR) is 124 cm³/mol. The Kier molecular flexibility index (Phi) is 9.15. The van der Waals surface area contributed by atoms with Gasteiger partial charge >= 0.3 is 0 Å². The molecule has 0 unspecified atom stereocenters. The average molecular weight is 469 g/mol. The average Bonchev–Trinajstić information content (AvgIpc) is 3.32. The molecule has 4 atom stereocenters. The molecule has 3 rings (SSSR count). The maximum Gasteiger partial charge on any atom is 0.297 e. The van der Waals surface area contributed by atoms with Crippen LogP contribution in [0.4, 0.5) is 0 Å². The second-order valence-electron chi connectivity index (χ2n) is 9.54. The first-order valence-corrected chi connectivity index (χ1v) is 13.6. The molecule has 2 aliphatic rings. The van der Waals surface area contributed by atoms with Crippen LogP contribution in [0.1, 0.15) is 77.2 Å². The zero-order chi connectivity index (χ0) is 23.2. The van der Waals surface area contributed by atoms with Crippen molar-refractivity contribution in [1.82, 2.24) is 0 Å². The van der Waals surface area contributed by atoms with E-state index in [0.29, 0.717) is 32.5 Å². The standard InChI is InChI=1S/C25H40O6S/c1-4-5-6-7-8-14-25(29-16-17-30-25)15-13-22-20(3)23(26)18-24(22)31-32(27,28)21-11-9-19(2)10-12-21/h9-12,20,22-24,26H,4-8,13-18H2,1-3H3/t20-,22-,23+,24-/m1/s1. The van der Waals surface area contributed by atoms with Crippen LogP contribution in [0.15, 0.2) is 29.2 Å². The van der Waals surface area contributed by atoms with Crippen molar-refractivity contribution in [2.75, 3.05) is 13.2 Å². The van der Waals surface area contributed by atoms with Gasteiger partial charge in [0, 0.05) is 19.3 Å². The van der Waals surface area contributed by atoms with E-state index < -0.39 is 28.1 Å². The molecule has 7 heteroatoms. The summed E-state index contributed by atoms with van der Waals surface area (Å²) in [6.45, 7) is 7.29. The number of ether oxygens (including phenoxy) is 2. The molecule has 0 aromatic heterocycles. The summed E-state index contributed by atoms with van der Waals surface area (Å²) in [4.78, 5) is 0.155. The van der Waals surface area contributed by atoms with E-state index in [2.05, 4.69) is 6.92 Å². The van der Waals surface area contributed by atoms with Gasteiger partial charge in [-0.3, -0.25) is 4.18 Å². The van der Waals surface area contributed by atoms with E-state index in [0.717, 1.165) is 18.4 Å². The van der Waals surface area contributed by atoms with E-state index in [1.807, 2.05) is 13.8 Å². The quantitative estimate of drug-likeness (QED) is 0.344. The van der Waals surface area contributed by atoms with Gasteiger partial charge < -0.3 is 14.6 Å². The third-order valence-corrected chi connectivity index (χ3v) is 8.48. The van der Waals surface area contributed by atoms with Crippen LogP contribution in [-0.2, 0) is 23.8 Å². The fraction of sp³-hybridized carbons (Fsp3) is 0.760. The first kappa shape index (κ1) is 25.6. The summed E-state index contributed by atoms with van der Waals surface area (Å²) < 4.78 is 43.5. The summed E-state index contributed by atoms with van der Waals surface area (Å²) in [6.07, 6.45) is 7.36. The van der Waals surface area contributed by atoms with Gasteiger partial charge in [-0.1, -0.05) is 57.2 Å². The van der Waals surface area contributed by atoms with Gasteiger partial charge in [0.1, 0.15) is 0 Å². The molecule has 0 bridgehead atoms. The van der Waals surface area contributed by atoms with Crippen LogP contribution >= 0.6 is 0 Å². The number of hydrogen-bond acceptors (Lipinski definition) is 6. The fourth-order valence-electron chi connectivity index (χ4n) is 5.03. The molecule has 1 aromatic rings. The maximum atomic E-state index is 12.9. The molecule has 0 radical (unpaired) electrons. The van der Waals surface area contributed by atoms with Gasteiger partial charge in [0.05, 0.1) is 30.3 Å². The second kappa shape index (κ2) is 11.4. The Morgan fingerprint density at radius 2 is 1.72 bits per heavy atom. The Bertz CT molecular complexity index is 800. The van der Waals surface area contributed by atoms with Crippen molar-refractivity contribution in [3.8, 4) is 0 Å². The van der Waals surface area contributed by atoms with Gasteiger partial charge in [0.15, 0.2) is 5.79 Å². The maximum absolute atomic E-state index is 12.9. The van der Waals surface area contributed by atoms with Crippen LogP contribution < -0.4 is 0 Å². The largest absolute Gasteiger partial charge is 0.393 e. The van der Waals surface area contributed by atoms with Gasteiger partial charge in [0.2, 0.25) is 0 Å². The third kappa shape index (κ3) is 6.54. The summed E-state index contributed by atoms with van der Waals surface area (Å²) in [6, 6.07) is 6.67. The Morgan fingerprint density at radius 3 is 2.38 bits per heavy atom. The summed E-state index contributed by atoms with van der Waals surface area (Å²) >= 11 is 0. The van der Waals surface area contributed by atoms with E-state index in [-0.39, 0.29) is 16.7 Å². The molecule has 182 valence electrons. The van der Waals surface area contributed by atoms with E-state index in [1.165, 1.54) is 25.7 Å². The number of aryl methyl sites for hydroxylation is 1. The molecule has 1 N–H and O–H groups in total. The Balaban J connectivity index is 1.63. The van der Waals surface area contributed by atoms with Gasteiger partial charge in [-0.25, -0.2) is 0 Å². The third-order valence-electron chi connectivity index (χ3n) is 7.13. The second-order valence-corrected chi connectivity index (χ2v) is 11.1. The minimum absolute atomic E-state index is 0.0452. The van der Waals surface area contributed by atoms with Crippen molar-refractivity contribution in [2.45, 2.75) is 101 Å². The van der Waals surface area contributed by atoms with Crippen LogP contribution in [0.5, 0.6) is 0 Å². The van der Waals surface area contributed by atoms with Crippen molar-refractivity contribution in [3.63, 3.8) is 0 Å². The first-order valence-electron chi connectivity index (χ1n) is 12.2. The number of unbranched alkanes of at least 4 members (excludes halogenated alkanes) is 4. The number of benzene rings is 1. The van der Waals surface area contributed by atoms with Crippen molar-refractivity contribution in [3.05, 3.63) is 29.8 Å². The fourth-order valence-corrected chi connectivity index (χ4v) is 6.16. The lowest BCUT2D eigenvalue weighted by molar-refractivity contribution is -0.171. The van der Waals surface area contributed by atoms with Crippen LogP contribution in [0.25, 0.3) is 0 Å². The lowest BCUT2D eigenvalue weighted by Gasteiger charge is -2.31. The summed E-state index contributed by atoms with van der Waals surface area (Å²) in [5, 5.41) is 10.5. The van der Waals surface area contributed by atoms with Crippen LogP contribution in [-0.4, -0.2) is 44.7 Å². The summed E-state index contributed by atoms with van der Waals surface area (Å²) in [5.41, 5.74) is 0.989. The van der Waals surface area contributed by atoms with Crippen LogP contribution in [0.3, 0.4) is 0 Å². The molecule has 1 aromatic carbocycles. The van der Waals surface area contributed by atoms with Crippen LogP contribution in [0, 0.1) is 18.8 Å². The minimum atomic E-state index is -3.89. The summed E-state index contributed by atoms with van der Waals surface area (Å²) in [7, 11) is -3.89. The number of hydrogen-bond donors (Lipinski definition) is 1. The molecule has 1 saturated carbocycles. The molecule has 32 heavy (non-hydrogen) atoms. The van der Waals surface area contributed by atoms with Gasteiger partial charge in [-0.05, 0) is 43.7 Å². The zero-order valence-electron chi connectivity index (χ0n) is 19.8. The highest BCUT2D eigenvalue weighted by Gasteiger charge is 2.45. The normalized spacial score (nSPS) is 27.8. The van der Waals surface area contributed by atoms with E-state index in [4.69, 9.17) is 13.7 Å². The number of aliphatic hydroxyl groups is 1. The molecular formula is C25H40O6S. The molecule has 6 nitrogen and oxygen atoms in total. The number of rotatable bonds is 12. The monoisotopic (exact) mass is 468 g/mol. The van der Waals surface area contributed by atoms with Gasteiger partial charge in [-0.15, -0.1) is 0 Å².